The number of aryl methyl sites for hydroxylation is 2. The Morgan fingerprint density at radius 3 is 2.60 bits per heavy atom. The van der Waals surface area contributed by atoms with E-state index in [9.17, 15) is 4.79 Å². The molecule has 150 valence electrons. The van der Waals surface area contributed by atoms with Gasteiger partial charge in [0.15, 0.2) is 0 Å². The van der Waals surface area contributed by atoms with Crippen molar-refractivity contribution in [2.75, 3.05) is 0 Å². The molecule has 0 spiro atoms. The van der Waals surface area contributed by atoms with Crippen LogP contribution in [0.15, 0.2) is 71.1 Å². The SMILES string of the molecule is CC/C(=N\NC(=O)c1cc(-c2ccc(C)c(C)c2)nc2ccccc12)c1cccs1. The number of hydrogen-bond donors (Lipinski definition) is 1. The lowest BCUT2D eigenvalue weighted by atomic mass is 10.0. The van der Waals surface area contributed by atoms with E-state index in [0.29, 0.717) is 5.56 Å². The van der Waals surface area contributed by atoms with E-state index in [1.165, 1.54) is 11.1 Å². The van der Waals surface area contributed by atoms with Crippen molar-refractivity contribution >= 4 is 33.9 Å². The molecule has 0 saturated carbocycles. The van der Waals surface area contributed by atoms with E-state index in [1.54, 1.807) is 11.3 Å². The van der Waals surface area contributed by atoms with Gasteiger partial charge < -0.3 is 0 Å². The highest BCUT2D eigenvalue weighted by molar-refractivity contribution is 7.12. The maximum absolute atomic E-state index is 13.1. The Kier molecular flexibility index (Phi) is 5.72. The van der Waals surface area contributed by atoms with Crippen LogP contribution >= 0.6 is 11.3 Å². The van der Waals surface area contributed by atoms with Crippen molar-refractivity contribution in [1.29, 1.82) is 0 Å². The summed E-state index contributed by atoms with van der Waals surface area (Å²) in [6.45, 7) is 6.20. The summed E-state index contributed by atoms with van der Waals surface area (Å²) in [6, 6.07) is 19.8. The highest BCUT2D eigenvalue weighted by Gasteiger charge is 2.14. The molecule has 1 amide bonds. The number of nitrogens with zero attached hydrogens (tertiary/aromatic N) is 2. The number of fused-ring (bicyclic) bond motifs is 1. The van der Waals surface area contributed by atoms with Gasteiger partial charge in [0.2, 0.25) is 0 Å². The van der Waals surface area contributed by atoms with Crippen LogP contribution in [0.25, 0.3) is 22.2 Å². The number of hydrogen-bond acceptors (Lipinski definition) is 4. The van der Waals surface area contributed by atoms with Crippen molar-refractivity contribution in [3.63, 3.8) is 0 Å². The third-order valence-electron chi connectivity index (χ3n) is 5.20. The molecule has 2 aromatic heterocycles. The molecule has 2 heterocycles. The van der Waals surface area contributed by atoms with Crippen LogP contribution in [0.5, 0.6) is 0 Å². The van der Waals surface area contributed by atoms with Gasteiger partial charge in [-0.25, -0.2) is 10.4 Å². The van der Waals surface area contributed by atoms with Crippen molar-refractivity contribution in [2.24, 2.45) is 5.10 Å². The van der Waals surface area contributed by atoms with Crippen molar-refractivity contribution in [2.45, 2.75) is 27.2 Å². The van der Waals surface area contributed by atoms with E-state index in [4.69, 9.17) is 4.98 Å². The molecule has 4 aromatic rings. The molecule has 0 aliphatic carbocycles. The van der Waals surface area contributed by atoms with Crippen LogP contribution in [0, 0.1) is 13.8 Å². The Balaban J connectivity index is 1.75. The number of benzene rings is 2. The van der Waals surface area contributed by atoms with Crippen LogP contribution in [0.2, 0.25) is 0 Å². The van der Waals surface area contributed by atoms with Gasteiger partial charge >= 0.3 is 0 Å². The molecular formula is C25H23N3OS. The average Bonchev–Trinajstić information content (AvgIpc) is 3.30. The maximum atomic E-state index is 13.1. The molecule has 4 rings (SSSR count). The summed E-state index contributed by atoms with van der Waals surface area (Å²) in [4.78, 5) is 19.0. The van der Waals surface area contributed by atoms with Gasteiger partial charge in [-0.05, 0) is 61.0 Å². The fourth-order valence-corrected chi connectivity index (χ4v) is 4.13. The summed E-state index contributed by atoms with van der Waals surface area (Å²) in [5, 5.41) is 7.22. The number of hydrazone groups is 1. The molecule has 0 aliphatic rings. The van der Waals surface area contributed by atoms with Crippen molar-refractivity contribution in [1.82, 2.24) is 10.4 Å². The van der Waals surface area contributed by atoms with E-state index in [1.807, 2.05) is 60.8 Å². The second-order valence-electron chi connectivity index (χ2n) is 7.20. The molecule has 1 N–H and O–H groups in total. The monoisotopic (exact) mass is 413 g/mol. The molecule has 0 bridgehead atoms. The number of pyridine rings is 1. The first-order valence-corrected chi connectivity index (χ1v) is 10.8. The molecule has 2 aromatic carbocycles. The normalized spacial score (nSPS) is 11.6. The minimum absolute atomic E-state index is 0.235. The smallest absolute Gasteiger partial charge is 0.267 e. The van der Waals surface area contributed by atoms with Crippen LogP contribution in [0.4, 0.5) is 0 Å². The Bertz CT molecular complexity index is 1240. The molecule has 0 aliphatic heterocycles. The van der Waals surface area contributed by atoms with E-state index in [-0.39, 0.29) is 5.91 Å². The quantitative estimate of drug-likeness (QED) is 0.316. The van der Waals surface area contributed by atoms with Crippen LogP contribution in [-0.2, 0) is 0 Å². The summed E-state index contributed by atoms with van der Waals surface area (Å²) < 4.78 is 0. The highest BCUT2D eigenvalue weighted by Crippen LogP contribution is 2.26. The topological polar surface area (TPSA) is 54.4 Å². The lowest BCUT2D eigenvalue weighted by Crippen LogP contribution is -2.20. The maximum Gasteiger partial charge on any atom is 0.272 e. The lowest BCUT2D eigenvalue weighted by molar-refractivity contribution is 0.0956. The van der Waals surface area contributed by atoms with E-state index in [0.717, 1.165) is 39.2 Å². The Labute approximate surface area is 180 Å². The fraction of sp³-hybridized carbons (Fsp3) is 0.160. The van der Waals surface area contributed by atoms with E-state index < -0.39 is 0 Å². The molecule has 0 atom stereocenters. The minimum atomic E-state index is -0.235. The van der Waals surface area contributed by atoms with Gasteiger partial charge in [-0.15, -0.1) is 11.3 Å². The number of amides is 1. The van der Waals surface area contributed by atoms with Crippen molar-refractivity contribution in [3.8, 4) is 11.3 Å². The van der Waals surface area contributed by atoms with Gasteiger partial charge in [-0.3, -0.25) is 4.79 Å². The third kappa shape index (κ3) is 4.02. The van der Waals surface area contributed by atoms with Crippen LogP contribution in [0.3, 0.4) is 0 Å². The molecule has 0 unspecified atom stereocenters. The second kappa shape index (κ2) is 8.59. The van der Waals surface area contributed by atoms with E-state index in [2.05, 4.69) is 36.5 Å². The first kappa shape index (κ1) is 20.0. The molecule has 30 heavy (non-hydrogen) atoms. The zero-order valence-corrected chi connectivity index (χ0v) is 18.1. The largest absolute Gasteiger partial charge is 0.272 e. The average molecular weight is 414 g/mol. The van der Waals surface area contributed by atoms with Gasteiger partial charge in [0.1, 0.15) is 0 Å². The number of rotatable bonds is 5. The van der Waals surface area contributed by atoms with Gasteiger partial charge in [-0.1, -0.05) is 43.3 Å². The van der Waals surface area contributed by atoms with Crippen LogP contribution < -0.4 is 5.43 Å². The summed E-state index contributed by atoms with van der Waals surface area (Å²) >= 11 is 1.62. The Hall–Kier alpha value is -3.31. The predicted molar refractivity (Wildman–Crippen MR) is 125 cm³/mol. The standard InChI is InChI=1S/C25H23N3OS/c1-4-21(24-10-7-13-30-24)27-28-25(29)20-15-23(18-12-11-16(2)17(3)14-18)26-22-9-6-5-8-19(20)22/h5-15H,4H2,1-3H3,(H,28,29)/b27-21+. The van der Waals surface area contributed by atoms with Gasteiger partial charge in [0, 0.05) is 10.9 Å². The summed E-state index contributed by atoms with van der Waals surface area (Å²) in [7, 11) is 0. The number of thiophene rings is 1. The lowest BCUT2D eigenvalue weighted by Gasteiger charge is -2.11. The van der Waals surface area contributed by atoms with Gasteiger partial charge in [-0.2, -0.15) is 5.10 Å². The molecule has 0 saturated heterocycles. The molecular weight excluding hydrogens is 390 g/mol. The number of para-hydroxylation sites is 1. The molecule has 0 radical (unpaired) electrons. The Morgan fingerprint density at radius 2 is 1.87 bits per heavy atom. The second-order valence-corrected chi connectivity index (χ2v) is 8.15. The van der Waals surface area contributed by atoms with Crippen LogP contribution in [0.1, 0.15) is 39.7 Å². The number of carbonyl (C=O) groups excluding carboxylic acids is 1. The number of carbonyl (C=O) groups is 1. The number of aromatic nitrogens is 1. The third-order valence-corrected chi connectivity index (χ3v) is 6.12. The highest BCUT2D eigenvalue weighted by atomic mass is 32.1. The van der Waals surface area contributed by atoms with Gasteiger partial charge in [0.05, 0.1) is 27.4 Å². The van der Waals surface area contributed by atoms with E-state index >= 15 is 0 Å². The predicted octanol–water partition coefficient (Wildman–Crippen LogP) is 6.12. The molecule has 4 nitrogen and oxygen atoms in total. The summed E-state index contributed by atoms with van der Waals surface area (Å²) in [5.41, 5.74) is 9.18. The van der Waals surface area contributed by atoms with Crippen LogP contribution in [-0.4, -0.2) is 16.6 Å². The van der Waals surface area contributed by atoms with Gasteiger partial charge in [0.25, 0.3) is 5.91 Å². The summed E-state index contributed by atoms with van der Waals surface area (Å²) in [5.74, 6) is -0.235. The molecule has 0 fully saturated rings. The minimum Gasteiger partial charge on any atom is -0.267 e. The fourth-order valence-electron chi connectivity index (χ4n) is 3.34. The zero-order valence-electron chi connectivity index (χ0n) is 17.3. The Morgan fingerprint density at radius 1 is 1.03 bits per heavy atom. The first-order valence-electron chi connectivity index (χ1n) is 9.95. The van der Waals surface area contributed by atoms with Crippen molar-refractivity contribution in [3.05, 3.63) is 87.6 Å². The molecule has 5 heteroatoms. The number of nitrogens with one attached hydrogen (secondary N) is 1. The first-order chi connectivity index (χ1) is 14.6. The van der Waals surface area contributed by atoms with Crippen molar-refractivity contribution < 1.29 is 4.79 Å². The zero-order chi connectivity index (χ0) is 21.1. The summed E-state index contributed by atoms with van der Waals surface area (Å²) in [6.07, 6.45) is 0.742.